The second-order valence-corrected chi connectivity index (χ2v) is 8.57. The number of aliphatic imine (C=N–C) groups is 1. The average molecular weight is 550 g/mol. The molecule has 8 heteroatoms. The van der Waals surface area contributed by atoms with Crippen LogP contribution in [0.25, 0.3) is 0 Å². The topological polar surface area (TPSA) is 52.1 Å². The maximum atomic E-state index is 6.21. The minimum Gasteiger partial charge on any atom is -0.495 e. The van der Waals surface area contributed by atoms with Crippen LogP contribution in [-0.2, 0) is 0 Å². The van der Waals surface area contributed by atoms with E-state index in [4.69, 9.17) is 16.3 Å². The van der Waals surface area contributed by atoms with Crippen molar-refractivity contribution < 1.29 is 4.74 Å². The van der Waals surface area contributed by atoms with Crippen LogP contribution in [0.4, 0.5) is 5.69 Å². The highest BCUT2D eigenvalue weighted by Crippen LogP contribution is 2.33. The molecule has 1 atom stereocenters. The van der Waals surface area contributed by atoms with Gasteiger partial charge in [-0.1, -0.05) is 18.5 Å². The lowest BCUT2D eigenvalue weighted by atomic mass is 9.97. The number of hydrogen-bond donors (Lipinski definition) is 2. The van der Waals surface area contributed by atoms with Gasteiger partial charge < -0.3 is 25.2 Å². The van der Waals surface area contributed by atoms with Gasteiger partial charge in [0.15, 0.2) is 5.96 Å². The summed E-state index contributed by atoms with van der Waals surface area (Å²) in [6, 6.07) is 6.15. The van der Waals surface area contributed by atoms with Crippen molar-refractivity contribution in [2.24, 2.45) is 10.9 Å². The zero-order valence-electron chi connectivity index (χ0n) is 18.5. The number of nitrogens with one attached hydrogen (secondary N) is 2. The molecule has 2 fully saturated rings. The standard InChI is InChI=1S/C22H36ClN5O.HI/c1-4-10-27-11-7-17(8-12-27)15-25-22(24-2)26-19-9-13-28(16-19)20-14-18(23)5-6-21(20)29-3;/h5-6,14,17,19H,4,7-13,15-16H2,1-3H3,(H2,24,25,26);1H. The van der Waals surface area contributed by atoms with Gasteiger partial charge in [-0.15, -0.1) is 24.0 Å². The third-order valence-electron chi connectivity index (χ3n) is 6.04. The Kier molecular flexibility index (Phi) is 10.8. The van der Waals surface area contributed by atoms with Crippen molar-refractivity contribution in [3.63, 3.8) is 0 Å². The van der Waals surface area contributed by atoms with E-state index in [-0.39, 0.29) is 24.0 Å². The Labute approximate surface area is 203 Å². The molecule has 30 heavy (non-hydrogen) atoms. The number of anilines is 1. The minimum atomic E-state index is 0. The highest BCUT2D eigenvalue weighted by Gasteiger charge is 2.26. The van der Waals surface area contributed by atoms with Crippen LogP contribution in [0.2, 0.25) is 5.02 Å². The maximum absolute atomic E-state index is 6.21. The highest BCUT2D eigenvalue weighted by molar-refractivity contribution is 14.0. The van der Waals surface area contributed by atoms with E-state index in [2.05, 4.69) is 32.3 Å². The van der Waals surface area contributed by atoms with Gasteiger partial charge in [-0.3, -0.25) is 4.99 Å². The van der Waals surface area contributed by atoms with Crippen LogP contribution < -0.4 is 20.3 Å². The van der Waals surface area contributed by atoms with E-state index >= 15 is 0 Å². The fourth-order valence-corrected chi connectivity index (χ4v) is 4.53. The first kappa shape index (κ1) is 25.3. The van der Waals surface area contributed by atoms with Crippen molar-refractivity contribution in [3.8, 4) is 5.75 Å². The van der Waals surface area contributed by atoms with Gasteiger partial charge in [-0.2, -0.15) is 0 Å². The Morgan fingerprint density at radius 3 is 2.67 bits per heavy atom. The SMILES string of the molecule is CCCN1CCC(CNC(=NC)NC2CCN(c3cc(Cl)ccc3OC)C2)CC1.I. The van der Waals surface area contributed by atoms with Crippen LogP contribution in [0, 0.1) is 5.92 Å². The Hall–Kier alpha value is -0.930. The summed E-state index contributed by atoms with van der Waals surface area (Å²) >= 11 is 6.21. The fraction of sp³-hybridized carbons (Fsp3) is 0.682. The average Bonchev–Trinajstić information content (AvgIpc) is 3.20. The second kappa shape index (κ2) is 12.8. The van der Waals surface area contributed by atoms with Crippen molar-refractivity contribution in [1.29, 1.82) is 0 Å². The number of halogens is 2. The molecular formula is C22H37ClIN5O. The molecule has 0 aromatic heterocycles. The third-order valence-corrected chi connectivity index (χ3v) is 6.27. The zero-order chi connectivity index (χ0) is 20.6. The van der Waals surface area contributed by atoms with Crippen molar-refractivity contribution in [1.82, 2.24) is 15.5 Å². The number of methoxy groups -OCH3 is 1. The number of guanidine groups is 1. The van der Waals surface area contributed by atoms with E-state index in [1.54, 1.807) is 7.11 Å². The van der Waals surface area contributed by atoms with Gasteiger partial charge in [-0.25, -0.2) is 0 Å². The molecule has 0 saturated carbocycles. The molecule has 0 spiro atoms. The van der Waals surface area contributed by atoms with E-state index in [9.17, 15) is 0 Å². The number of likely N-dealkylation sites (tertiary alicyclic amines) is 1. The highest BCUT2D eigenvalue weighted by atomic mass is 127. The lowest BCUT2D eigenvalue weighted by Gasteiger charge is -2.32. The van der Waals surface area contributed by atoms with Gasteiger partial charge in [-0.05, 0) is 69.4 Å². The van der Waals surface area contributed by atoms with E-state index in [0.29, 0.717) is 6.04 Å². The third kappa shape index (κ3) is 7.05. The first-order valence-corrected chi connectivity index (χ1v) is 11.3. The first-order chi connectivity index (χ1) is 14.1. The smallest absolute Gasteiger partial charge is 0.191 e. The summed E-state index contributed by atoms with van der Waals surface area (Å²) in [6.45, 7) is 8.83. The number of piperidine rings is 1. The van der Waals surface area contributed by atoms with Crippen LogP contribution in [0.15, 0.2) is 23.2 Å². The Balaban J connectivity index is 0.00000320. The zero-order valence-corrected chi connectivity index (χ0v) is 21.6. The van der Waals surface area contributed by atoms with Crippen LogP contribution in [0.3, 0.4) is 0 Å². The van der Waals surface area contributed by atoms with Crippen LogP contribution in [-0.4, -0.2) is 70.3 Å². The van der Waals surface area contributed by atoms with Crippen LogP contribution in [0.1, 0.15) is 32.6 Å². The summed E-state index contributed by atoms with van der Waals surface area (Å²) in [5, 5.41) is 7.89. The number of hydrogen-bond acceptors (Lipinski definition) is 4. The number of nitrogens with zero attached hydrogens (tertiary/aromatic N) is 3. The Morgan fingerprint density at radius 1 is 1.23 bits per heavy atom. The van der Waals surface area contributed by atoms with Crippen molar-refractivity contribution >= 4 is 47.2 Å². The molecule has 170 valence electrons. The molecule has 6 nitrogen and oxygen atoms in total. The van der Waals surface area contributed by atoms with Crippen LogP contribution >= 0.6 is 35.6 Å². The van der Waals surface area contributed by atoms with Crippen molar-refractivity contribution in [2.75, 3.05) is 58.3 Å². The molecule has 1 unspecified atom stereocenters. The fourth-order valence-electron chi connectivity index (χ4n) is 4.37. The predicted molar refractivity (Wildman–Crippen MR) is 138 cm³/mol. The quantitative estimate of drug-likeness (QED) is 0.308. The molecule has 2 aliphatic heterocycles. The predicted octanol–water partition coefficient (Wildman–Crippen LogP) is 3.83. The normalized spacial score (nSPS) is 20.7. The molecule has 2 aliphatic rings. The molecule has 0 radical (unpaired) electrons. The molecule has 3 rings (SSSR count). The molecule has 1 aromatic rings. The van der Waals surface area contributed by atoms with E-state index in [1.807, 2.05) is 25.2 Å². The molecule has 2 heterocycles. The van der Waals surface area contributed by atoms with Crippen LogP contribution in [0.5, 0.6) is 5.75 Å². The molecule has 2 N–H and O–H groups in total. The molecule has 1 aromatic carbocycles. The van der Waals surface area contributed by atoms with Crippen molar-refractivity contribution in [3.05, 3.63) is 23.2 Å². The Bertz CT molecular complexity index is 681. The minimum absolute atomic E-state index is 0. The van der Waals surface area contributed by atoms with Gasteiger partial charge >= 0.3 is 0 Å². The summed E-state index contributed by atoms with van der Waals surface area (Å²) in [7, 11) is 3.56. The van der Waals surface area contributed by atoms with Gasteiger partial charge in [0.05, 0.1) is 12.8 Å². The maximum Gasteiger partial charge on any atom is 0.191 e. The van der Waals surface area contributed by atoms with Gasteiger partial charge in [0.25, 0.3) is 0 Å². The van der Waals surface area contributed by atoms with Crippen molar-refractivity contribution in [2.45, 2.75) is 38.6 Å². The summed E-state index contributed by atoms with van der Waals surface area (Å²) < 4.78 is 5.52. The molecular weight excluding hydrogens is 513 g/mol. The number of benzene rings is 1. The molecule has 0 aliphatic carbocycles. The summed E-state index contributed by atoms with van der Waals surface area (Å²) in [4.78, 5) is 9.36. The molecule has 2 saturated heterocycles. The summed E-state index contributed by atoms with van der Waals surface area (Å²) in [5.41, 5.74) is 1.06. The van der Waals surface area contributed by atoms with E-state index in [1.165, 1.54) is 38.9 Å². The molecule has 0 amide bonds. The molecule has 0 bridgehead atoms. The monoisotopic (exact) mass is 549 g/mol. The lowest BCUT2D eigenvalue weighted by molar-refractivity contribution is 0.185. The summed E-state index contributed by atoms with van der Waals surface area (Å²) in [5.74, 6) is 2.51. The Morgan fingerprint density at radius 2 is 2.00 bits per heavy atom. The van der Waals surface area contributed by atoms with Gasteiger partial charge in [0, 0.05) is 37.7 Å². The summed E-state index contributed by atoms with van der Waals surface area (Å²) in [6.07, 6.45) is 4.86. The van der Waals surface area contributed by atoms with E-state index in [0.717, 1.165) is 54.4 Å². The number of ether oxygens (including phenoxy) is 1. The number of rotatable bonds is 7. The van der Waals surface area contributed by atoms with Gasteiger partial charge in [0.2, 0.25) is 0 Å². The first-order valence-electron chi connectivity index (χ1n) is 10.9. The largest absolute Gasteiger partial charge is 0.495 e. The second-order valence-electron chi connectivity index (χ2n) is 8.13. The van der Waals surface area contributed by atoms with Gasteiger partial charge in [0.1, 0.15) is 5.75 Å². The lowest BCUT2D eigenvalue weighted by Crippen LogP contribution is -2.47. The van der Waals surface area contributed by atoms with E-state index < -0.39 is 0 Å².